The number of rotatable bonds is 4. The van der Waals surface area contributed by atoms with Gasteiger partial charge in [0.2, 0.25) is 0 Å². The average molecular weight is 248 g/mol. The van der Waals surface area contributed by atoms with Crippen LogP contribution in [0.3, 0.4) is 0 Å². The van der Waals surface area contributed by atoms with E-state index in [0.29, 0.717) is 17.6 Å². The second-order valence-electron chi connectivity index (χ2n) is 3.72. The summed E-state index contributed by atoms with van der Waals surface area (Å²) in [5, 5.41) is 0. The fourth-order valence-corrected chi connectivity index (χ4v) is 1.71. The number of halogens is 2. The molecule has 0 N–H and O–H groups in total. The van der Waals surface area contributed by atoms with Crippen LogP contribution in [-0.4, -0.2) is 6.47 Å². The summed E-state index contributed by atoms with van der Waals surface area (Å²) < 4.78 is 30.9. The standard InChI is InChI=1S/C14H10F2O2/c15-12-6-4-10(5-7-12)14(18-9-17)11-2-1-3-13(16)8-11/h1-9,14H. The third kappa shape index (κ3) is 2.71. The molecule has 0 bridgehead atoms. The number of carbonyl (C=O) groups excluding carboxylic acids is 1. The van der Waals surface area contributed by atoms with Crippen molar-refractivity contribution in [1.29, 1.82) is 0 Å². The van der Waals surface area contributed by atoms with Crippen molar-refractivity contribution >= 4 is 6.47 Å². The molecule has 1 unspecified atom stereocenters. The van der Waals surface area contributed by atoms with E-state index in [1.807, 2.05) is 0 Å². The van der Waals surface area contributed by atoms with Crippen LogP contribution in [0.4, 0.5) is 8.78 Å². The van der Waals surface area contributed by atoms with E-state index >= 15 is 0 Å². The molecule has 18 heavy (non-hydrogen) atoms. The number of hydrogen-bond donors (Lipinski definition) is 0. The molecule has 0 saturated carbocycles. The van der Waals surface area contributed by atoms with E-state index in [1.54, 1.807) is 6.07 Å². The SMILES string of the molecule is O=COC(c1ccc(F)cc1)c1cccc(F)c1. The molecule has 0 aliphatic carbocycles. The van der Waals surface area contributed by atoms with Gasteiger partial charge in [-0.1, -0.05) is 24.3 Å². The topological polar surface area (TPSA) is 26.3 Å². The maximum Gasteiger partial charge on any atom is 0.294 e. The Bertz CT molecular complexity index is 538. The Morgan fingerprint density at radius 3 is 2.28 bits per heavy atom. The minimum atomic E-state index is -0.737. The third-order valence-electron chi connectivity index (χ3n) is 2.52. The lowest BCUT2D eigenvalue weighted by atomic mass is 10.0. The van der Waals surface area contributed by atoms with Crippen LogP contribution in [0.1, 0.15) is 17.2 Å². The van der Waals surface area contributed by atoms with Crippen LogP contribution in [0.5, 0.6) is 0 Å². The number of ether oxygens (including phenoxy) is 1. The molecule has 0 radical (unpaired) electrons. The fraction of sp³-hybridized carbons (Fsp3) is 0.0714. The first-order chi connectivity index (χ1) is 8.70. The Hall–Kier alpha value is -2.23. The van der Waals surface area contributed by atoms with Gasteiger partial charge in [0.15, 0.2) is 6.10 Å². The van der Waals surface area contributed by atoms with Crippen molar-refractivity contribution in [2.24, 2.45) is 0 Å². The van der Waals surface area contributed by atoms with Crippen LogP contribution in [0.15, 0.2) is 48.5 Å². The third-order valence-corrected chi connectivity index (χ3v) is 2.52. The molecule has 0 amide bonds. The van der Waals surface area contributed by atoms with Crippen molar-refractivity contribution < 1.29 is 18.3 Å². The molecule has 0 aliphatic rings. The molecule has 0 heterocycles. The highest BCUT2D eigenvalue weighted by molar-refractivity contribution is 5.42. The first-order valence-electron chi connectivity index (χ1n) is 5.31. The van der Waals surface area contributed by atoms with Crippen molar-refractivity contribution in [3.8, 4) is 0 Å². The van der Waals surface area contributed by atoms with E-state index in [2.05, 4.69) is 0 Å². The molecule has 0 aliphatic heterocycles. The summed E-state index contributed by atoms with van der Waals surface area (Å²) in [6.45, 7) is 0.291. The summed E-state index contributed by atoms with van der Waals surface area (Å²) in [6, 6.07) is 11.2. The molecule has 0 saturated heterocycles. The lowest BCUT2D eigenvalue weighted by molar-refractivity contribution is -0.132. The van der Waals surface area contributed by atoms with Gasteiger partial charge in [0.1, 0.15) is 11.6 Å². The highest BCUT2D eigenvalue weighted by Crippen LogP contribution is 2.25. The average Bonchev–Trinajstić information content (AvgIpc) is 2.37. The van der Waals surface area contributed by atoms with E-state index in [1.165, 1.54) is 42.5 Å². The van der Waals surface area contributed by atoms with Gasteiger partial charge in [-0.25, -0.2) is 8.78 Å². The van der Waals surface area contributed by atoms with Crippen LogP contribution < -0.4 is 0 Å². The van der Waals surface area contributed by atoms with Gasteiger partial charge in [0.05, 0.1) is 0 Å². The molecular weight excluding hydrogens is 238 g/mol. The van der Waals surface area contributed by atoms with Crippen molar-refractivity contribution in [1.82, 2.24) is 0 Å². The Morgan fingerprint density at radius 1 is 0.944 bits per heavy atom. The highest BCUT2D eigenvalue weighted by atomic mass is 19.1. The van der Waals surface area contributed by atoms with E-state index < -0.39 is 11.9 Å². The minimum absolute atomic E-state index is 0.291. The zero-order valence-electron chi connectivity index (χ0n) is 9.35. The van der Waals surface area contributed by atoms with Gasteiger partial charge >= 0.3 is 0 Å². The summed E-state index contributed by atoms with van der Waals surface area (Å²) in [5.74, 6) is -0.808. The Labute approximate surface area is 103 Å². The van der Waals surface area contributed by atoms with Crippen LogP contribution in [0.2, 0.25) is 0 Å². The summed E-state index contributed by atoms with van der Waals surface area (Å²) >= 11 is 0. The lowest BCUT2D eigenvalue weighted by Crippen LogP contribution is -2.05. The van der Waals surface area contributed by atoms with E-state index in [9.17, 15) is 13.6 Å². The molecule has 4 heteroatoms. The highest BCUT2D eigenvalue weighted by Gasteiger charge is 2.15. The van der Waals surface area contributed by atoms with Crippen LogP contribution in [-0.2, 0) is 9.53 Å². The molecule has 2 aromatic carbocycles. The predicted octanol–water partition coefficient (Wildman–Crippen LogP) is 3.23. The van der Waals surface area contributed by atoms with Crippen LogP contribution in [0.25, 0.3) is 0 Å². The Morgan fingerprint density at radius 2 is 1.67 bits per heavy atom. The van der Waals surface area contributed by atoms with E-state index in [-0.39, 0.29) is 5.82 Å². The van der Waals surface area contributed by atoms with Crippen molar-refractivity contribution in [2.45, 2.75) is 6.10 Å². The van der Waals surface area contributed by atoms with Gasteiger partial charge in [-0.2, -0.15) is 0 Å². The van der Waals surface area contributed by atoms with Gasteiger partial charge in [0.25, 0.3) is 6.47 Å². The minimum Gasteiger partial charge on any atom is -0.455 e. The van der Waals surface area contributed by atoms with Crippen molar-refractivity contribution in [3.63, 3.8) is 0 Å². The zero-order chi connectivity index (χ0) is 13.0. The molecule has 92 valence electrons. The molecule has 0 fully saturated rings. The predicted molar refractivity (Wildman–Crippen MR) is 61.8 cm³/mol. The number of carbonyl (C=O) groups is 1. The normalized spacial score (nSPS) is 11.9. The van der Waals surface area contributed by atoms with Crippen LogP contribution in [0, 0.1) is 11.6 Å². The quantitative estimate of drug-likeness (QED) is 0.776. The van der Waals surface area contributed by atoms with Gasteiger partial charge in [-0.05, 0) is 35.4 Å². The molecule has 2 rings (SSSR count). The van der Waals surface area contributed by atoms with E-state index in [0.717, 1.165) is 0 Å². The molecule has 0 spiro atoms. The fourth-order valence-electron chi connectivity index (χ4n) is 1.71. The first-order valence-corrected chi connectivity index (χ1v) is 5.31. The van der Waals surface area contributed by atoms with Gasteiger partial charge in [-0.3, -0.25) is 4.79 Å². The number of hydrogen-bond acceptors (Lipinski definition) is 2. The van der Waals surface area contributed by atoms with Crippen LogP contribution >= 0.6 is 0 Å². The lowest BCUT2D eigenvalue weighted by Gasteiger charge is -2.16. The maximum absolute atomic E-state index is 13.1. The Balaban J connectivity index is 2.39. The number of benzene rings is 2. The summed E-state index contributed by atoms with van der Waals surface area (Å²) in [7, 11) is 0. The molecule has 2 nitrogen and oxygen atoms in total. The monoisotopic (exact) mass is 248 g/mol. The second-order valence-corrected chi connectivity index (χ2v) is 3.72. The molecule has 0 aromatic heterocycles. The smallest absolute Gasteiger partial charge is 0.294 e. The van der Waals surface area contributed by atoms with E-state index in [4.69, 9.17) is 4.74 Å². The first kappa shape index (κ1) is 12.2. The summed E-state index contributed by atoms with van der Waals surface area (Å²) in [5.41, 5.74) is 1.07. The van der Waals surface area contributed by atoms with Gasteiger partial charge < -0.3 is 4.74 Å². The molecule has 2 aromatic rings. The van der Waals surface area contributed by atoms with Gasteiger partial charge in [0, 0.05) is 0 Å². The largest absolute Gasteiger partial charge is 0.455 e. The summed E-state index contributed by atoms with van der Waals surface area (Å²) in [6.07, 6.45) is -0.737. The second kappa shape index (κ2) is 5.40. The Kier molecular flexibility index (Phi) is 3.67. The summed E-state index contributed by atoms with van der Waals surface area (Å²) in [4.78, 5) is 10.5. The maximum atomic E-state index is 13.1. The van der Waals surface area contributed by atoms with Gasteiger partial charge in [-0.15, -0.1) is 0 Å². The van der Waals surface area contributed by atoms with Crippen molar-refractivity contribution in [3.05, 3.63) is 71.3 Å². The van der Waals surface area contributed by atoms with Crippen molar-refractivity contribution in [2.75, 3.05) is 0 Å². The molecule has 1 atom stereocenters. The zero-order valence-corrected chi connectivity index (χ0v) is 9.35. The molecular formula is C14H10F2O2.